The van der Waals surface area contributed by atoms with E-state index in [1.807, 2.05) is 0 Å². The lowest BCUT2D eigenvalue weighted by molar-refractivity contribution is 0.327. The molecule has 21 heavy (non-hydrogen) atoms. The Morgan fingerprint density at radius 2 is 2.24 bits per heavy atom. The molecular formula is C15H18FN3O2. The van der Waals surface area contributed by atoms with Gasteiger partial charge in [-0.15, -0.1) is 0 Å². The smallest absolute Gasteiger partial charge is 0.244 e. The highest BCUT2D eigenvalue weighted by atomic mass is 19.1. The Bertz CT molecular complexity index is 607. The number of aromatic nitrogens is 2. The highest BCUT2D eigenvalue weighted by Gasteiger charge is 2.20. The first-order valence-electron chi connectivity index (χ1n) is 7.19. The molecule has 1 N–H and O–H groups in total. The monoisotopic (exact) mass is 291 g/mol. The lowest BCUT2D eigenvalue weighted by atomic mass is 10.1. The van der Waals surface area contributed by atoms with Crippen LogP contribution in [0.1, 0.15) is 37.6 Å². The summed E-state index contributed by atoms with van der Waals surface area (Å²) in [5.74, 6) is 0.811. The predicted molar refractivity (Wildman–Crippen MR) is 75.5 cm³/mol. The van der Waals surface area contributed by atoms with E-state index in [2.05, 4.69) is 15.5 Å². The Hall–Kier alpha value is -1.95. The molecule has 2 aromatic rings. The quantitative estimate of drug-likeness (QED) is 0.941. The van der Waals surface area contributed by atoms with E-state index < -0.39 is 5.82 Å². The summed E-state index contributed by atoms with van der Waals surface area (Å²) in [4.78, 5) is 4.43. The minimum Gasteiger partial charge on any atom is -0.494 e. The van der Waals surface area contributed by atoms with Crippen molar-refractivity contribution >= 4 is 0 Å². The van der Waals surface area contributed by atoms with Gasteiger partial charge in [0, 0.05) is 5.56 Å². The fourth-order valence-corrected chi connectivity index (χ4v) is 2.53. The number of hydrogen-bond acceptors (Lipinski definition) is 5. The molecule has 6 heteroatoms. The summed E-state index contributed by atoms with van der Waals surface area (Å²) < 4.78 is 23.8. The maximum atomic E-state index is 13.4. The van der Waals surface area contributed by atoms with Crippen LogP contribution in [0.4, 0.5) is 4.39 Å². The molecular weight excluding hydrogens is 273 g/mol. The van der Waals surface area contributed by atoms with Crippen molar-refractivity contribution in [2.75, 3.05) is 13.7 Å². The Morgan fingerprint density at radius 1 is 1.33 bits per heavy atom. The molecule has 5 nitrogen and oxygen atoms in total. The number of nitrogens with zero attached hydrogens (tertiary/aromatic N) is 2. The van der Waals surface area contributed by atoms with Crippen LogP contribution in [-0.2, 0) is 0 Å². The lowest BCUT2D eigenvalue weighted by Gasteiger charge is -2.09. The van der Waals surface area contributed by atoms with E-state index in [0.717, 1.165) is 19.4 Å². The molecule has 1 atom stereocenters. The molecule has 0 bridgehead atoms. The second-order valence-electron chi connectivity index (χ2n) is 5.16. The summed E-state index contributed by atoms with van der Waals surface area (Å²) >= 11 is 0. The number of hydrogen-bond donors (Lipinski definition) is 1. The van der Waals surface area contributed by atoms with E-state index in [1.54, 1.807) is 12.1 Å². The fraction of sp³-hybridized carbons (Fsp3) is 0.467. The third-order valence-corrected chi connectivity index (χ3v) is 3.71. The van der Waals surface area contributed by atoms with Gasteiger partial charge in [-0.25, -0.2) is 4.39 Å². The second-order valence-corrected chi connectivity index (χ2v) is 5.16. The summed E-state index contributed by atoms with van der Waals surface area (Å²) in [5, 5.41) is 7.41. The molecule has 1 aromatic heterocycles. The maximum absolute atomic E-state index is 13.4. The van der Waals surface area contributed by atoms with Crippen LogP contribution in [-0.4, -0.2) is 23.8 Å². The van der Waals surface area contributed by atoms with Crippen LogP contribution in [0, 0.1) is 5.82 Å². The van der Waals surface area contributed by atoms with Crippen molar-refractivity contribution < 1.29 is 13.7 Å². The van der Waals surface area contributed by atoms with Gasteiger partial charge in [0.2, 0.25) is 11.7 Å². The highest BCUT2D eigenvalue weighted by Crippen LogP contribution is 2.27. The van der Waals surface area contributed by atoms with Crippen LogP contribution in [0.2, 0.25) is 0 Å². The molecule has 3 rings (SSSR count). The first-order chi connectivity index (χ1) is 10.3. The summed E-state index contributed by atoms with van der Waals surface area (Å²) in [6, 6.07) is 4.64. The summed E-state index contributed by atoms with van der Waals surface area (Å²) in [7, 11) is 1.43. The number of benzene rings is 1. The number of halogens is 1. The molecule has 2 heterocycles. The van der Waals surface area contributed by atoms with Gasteiger partial charge in [0.05, 0.1) is 13.2 Å². The second kappa shape index (κ2) is 6.22. The molecule has 1 aliphatic rings. The maximum Gasteiger partial charge on any atom is 0.244 e. The zero-order valence-corrected chi connectivity index (χ0v) is 11.9. The van der Waals surface area contributed by atoms with Crippen LogP contribution in [0.3, 0.4) is 0 Å². The standard InChI is InChI=1S/C15H18FN3O2/c1-20-13-9-10(6-7-11(13)16)14-18-15(21-19-14)12-5-3-2-4-8-17-12/h6-7,9,12,17H,2-5,8H2,1H3. The van der Waals surface area contributed by atoms with E-state index in [9.17, 15) is 4.39 Å². The SMILES string of the molecule is COc1cc(-c2noc(C3CCCCCN3)n2)ccc1F. The number of rotatable bonds is 3. The van der Waals surface area contributed by atoms with E-state index in [4.69, 9.17) is 9.26 Å². The van der Waals surface area contributed by atoms with Crippen molar-refractivity contribution in [1.29, 1.82) is 0 Å². The molecule has 1 saturated heterocycles. The summed E-state index contributed by atoms with van der Waals surface area (Å²) in [6.07, 6.45) is 4.54. The van der Waals surface area contributed by atoms with E-state index in [0.29, 0.717) is 17.3 Å². The van der Waals surface area contributed by atoms with Crippen LogP contribution in [0.5, 0.6) is 5.75 Å². The van der Waals surface area contributed by atoms with Gasteiger partial charge < -0.3 is 14.6 Å². The molecule has 0 aliphatic carbocycles. The Kier molecular flexibility index (Phi) is 4.15. The first kappa shape index (κ1) is 14.0. The molecule has 1 aliphatic heterocycles. The van der Waals surface area contributed by atoms with E-state index in [-0.39, 0.29) is 11.8 Å². The summed E-state index contributed by atoms with van der Waals surface area (Å²) in [6.45, 7) is 0.965. The van der Waals surface area contributed by atoms with Gasteiger partial charge in [0.15, 0.2) is 11.6 Å². The molecule has 0 radical (unpaired) electrons. The highest BCUT2D eigenvalue weighted by molar-refractivity contribution is 5.57. The fourth-order valence-electron chi connectivity index (χ4n) is 2.53. The van der Waals surface area contributed by atoms with Crippen molar-refractivity contribution in [3.63, 3.8) is 0 Å². The van der Waals surface area contributed by atoms with Crippen LogP contribution in [0.25, 0.3) is 11.4 Å². The lowest BCUT2D eigenvalue weighted by Crippen LogP contribution is -2.20. The van der Waals surface area contributed by atoms with Gasteiger partial charge in [-0.2, -0.15) is 4.98 Å². The van der Waals surface area contributed by atoms with Gasteiger partial charge in [0.25, 0.3) is 0 Å². The van der Waals surface area contributed by atoms with Crippen LogP contribution in [0.15, 0.2) is 22.7 Å². The third kappa shape index (κ3) is 3.05. The van der Waals surface area contributed by atoms with Gasteiger partial charge in [-0.3, -0.25) is 0 Å². The largest absolute Gasteiger partial charge is 0.494 e. The minimum absolute atomic E-state index is 0.107. The molecule has 0 saturated carbocycles. The molecule has 1 aromatic carbocycles. The van der Waals surface area contributed by atoms with Crippen molar-refractivity contribution in [3.8, 4) is 17.1 Å². The van der Waals surface area contributed by atoms with Crippen molar-refractivity contribution in [2.24, 2.45) is 0 Å². The molecule has 0 amide bonds. The Labute approximate surface area is 122 Å². The van der Waals surface area contributed by atoms with Gasteiger partial charge >= 0.3 is 0 Å². The molecule has 0 spiro atoms. The normalized spacial score (nSPS) is 19.2. The zero-order valence-electron chi connectivity index (χ0n) is 11.9. The zero-order chi connectivity index (χ0) is 14.7. The number of ether oxygens (including phenoxy) is 1. The summed E-state index contributed by atoms with van der Waals surface area (Å²) in [5.41, 5.74) is 0.678. The number of methoxy groups -OCH3 is 1. The average molecular weight is 291 g/mol. The van der Waals surface area contributed by atoms with Crippen molar-refractivity contribution in [3.05, 3.63) is 29.9 Å². The van der Waals surface area contributed by atoms with Gasteiger partial charge in [-0.1, -0.05) is 18.0 Å². The minimum atomic E-state index is -0.407. The van der Waals surface area contributed by atoms with E-state index in [1.165, 1.54) is 26.0 Å². The third-order valence-electron chi connectivity index (χ3n) is 3.71. The van der Waals surface area contributed by atoms with Crippen LogP contribution >= 0.6 is 0 Å². The van der Waals surface area contributed by atoms with Crippen LogP contribution < -0.4 is 10.1 Å². The topological polar surface area (TPSA) is 60.2 Å². The van der Waals surface area contributed by atoms with E-state index >= 15 is 0 Å². The molecule has 1 unspecified atom stereocenters. The molecule has 112 valence electrons. The van der Waals surface area contributed by atoms with Gasteiger partial charge in [-0.05, 0) is 37.6 Å². The Morgan fingerprint density at radius 3 is 3.10 bits per heavy atom. The van der Waals surface area contributed by atoms with Crippen molar-refractivity contribution in [1.82, 2.24) is 15.5 Å². The predicted octanol–water partition coefficient (Wildman–Crippen LogP) is 3.09. The Balaban J connectivity index is 1.84. The number of nitrogens with one attached hydrogen (secondary N) is 1. The first-order valence-corrected chi connectivity index (χ1v) is 7.19. The van der Waals surface area contributed by atoms with Gasteiger partial charge in [0.1, 0.15) is 0 Å². The average Bonchev–Trinajstić information content (AvgIpc) is 2.83. The van der Waals surface area contributed by atoms with Crippen molar-refractivity contribution in [2.45, 2.75) is 31.7 Å². The molecule has 1 fully saturated rings.